The number of nitro groups is 1. The maximum atomic E-state index is 12.8. The van der Waals surface area contributed by atoms with Crippen molar-refractivity contribution in [2.24, 2.45) is 0 Å². The Labute approximate surface area is 148 Å². The van der Waals surface area contributed by atoms with Gasteiger partial charge in [-0.2, -0.15) is 0 Å². The molecule has 0 bridgehead atoms. The van der Waals surface area contributed by atoms with Crippen molar-refractivity contribution in [1.82, 2.24) is 9.38 Å². The van der Waals surface area contributed by atoms with Gasteiger partial charge in [-0.15, -0.1) is 0 Å². The van der Waals surface area contributed by atoms with E-state index in [0.29, 0.717) is 29.1 Å². The highest BCUT2D eigenvalue weighted by atomic mass is 35.5. The molecule has 1 N–H and O–H groups in total. The molecule has 0 fully saturated rings. The molecule has 8 heteroatoms. The fourth-order valence-corrected chi connectivity index (χ4v) is 2.80. The Hall–Kier alpha value is -2.93. The molecular formula is C17H15ClN4O3. The first-order valence-electron chi connectivity index (χ1n) is 7.72. The molecule has 7 nitrogen and oxygen atoms in total. The molecule has 1 amide bonds. The SMILES string of the molecule is CCCc1nc2ccccn2c1C(=O)Nc1ccc(Cl)c([N+](=O)[O-])c1. The molecule has 0 aliphatic carbocycles. The highest BCUT2D eigenvalue weighted by Crippen LogP contribution is 2.28. The number of hydrogen-bond donors (Lipinski definition) is 1. The van der Waals surface area contributed by atoms with Crippen molar-refractivity contribution in [3.8, 4) is 0 Å². The van der Waals surface area contributed by atoms with Gasteiger partial charge in [0.2, 0.25) is 0 Å². The summed E-state index contributed by atoms with van der Waals surface area (Å²) in [6, 6.07) is 9.63. The summed E-state index contributed by atoms with van der Waals surface area (Å²) in [5.41, 5.74) is 1.84. The Bertz CT molecular complexity index is 968. The highest BCUT2D eigenvalue weighted by molar-refractivity contribution is 6.32. The molecule has 2 heterocycles. The number of halogens is 1. The highest BCUT2D eigenvalue weighted by Gasteiger charge is 2.20. The van der Waals surface area contributed by atoms with Gasteiger partial charge in [-0.05, 0) is 30.7 Å². The number of nitrogens with zero attached hydrogens (tertiary/aromatic N) is 3. The summed E-state index contributed by atoms with van der Waals surface area (Å²) in [6.45, 7) is 2.01. The Morgan fingerprint density at radius 2 is 2.16 bits per heavy atom. The van der Waals surface area contributed by atoms with Crippen LogP contribution in [0.4, 0.5) is 11.4 Å². The van der Waals surface area contributed by atoms with Crippen molar-refractivity contribution in [1.29, 1.82) is 0 Å². The lowest BCUT2D eigenvalue weighted by molar-refractivity contribution is -0.384. The third-order valence-corrected chi connectivity index (χ3v) is 4.02. The van der Waals surface area contributed by atoms with E-state index in [1.165, 1.54) is 18.2 Å². The monoisotopic (exact) mass is 358 g/mol. The van der Waals surface area contributed by atoms with E-state index >= 15 is 0 Å². The van der Waals surface area contributed by atoms with Crippen LogP contribution in [-0.4, -0.2) is 20.2 Å². The molecule has 0 aliphatic heterocycles. The van der Waals surface area contributed by atoms with Crippen LogP contribution in [0.2, 0.25) is 5.02 Å². The number of anilines is 1. The van der Waals surface area contributed by atoms with Crippen LogP contribution in [0.15, 0.2) is 42.6 Å². The summed E-state index contributed by atoms with van der Waals surface area (Å²) in [6.07, 6.45) is 3.27. The Kier molecular flexibility index (Phi) is 4.67. The fourth-order valence-electron chi connectivity index (χ4n) is 2.62. The first kappa shape index (κ1) is 16.9. The van der Waals surface area contributed by atoms with Gasteiger partial charge in [-0.1, -0.05) is 31.0 Å². The topological polar surface area (TPSA) is 89.5 Å². The number of aromatic nitrogens is 2. The van der Waals surface area contributed by atoms with E-state index in [0.717, 1.165) is 6.42 Å². The van der Waals surface area contributed by atoms with Crippen LogP contribution in [0, 0.1) is 10.1 Å². The number of carbonyl (C=O) groups excluding carboxylic acids is 1. The van der Waals surface area contributed by atoms with Gasteiger partial charge in [-0.3, -0.25) is 19.3 Å². The molecule has 0 saturated carbocycles. The van der Waals surface area contributed by atoms with E-state index < -0.39 is 4.92 Å². The normalized spacial score (nSPS) is 10.8. The summed E-state index contributed by atoms with van der Waals surface area (Å²) in [5.74, 6) is -0.376. The minimum Gasteiger partial charge on any atom is -0.320 e. The van der Waals surface area contributed by atoms with E-state index in [1.807, 2.05) is 25.1 Å². The Balaban J connectivity index is 1.99. The first-order chi connectivity index (χ1) is 12.0. The number of hydrogen-bond acceptors (Lipinski definition) is 4. The summed E-state index contributed by atoms with van der Waals surface area (Å²) in [4.78, 5) is 27.7. The Morgan fingerprint density at radius 1 is 1.36 bits per heavy atom. The van der Waals surface area contributed by atoms with Crippen LogP contribution in [0.3, 0.4) is 0 Å². The Morgan fingerprint density at radius 3 is 2.88 bits per heavy atom. The number of nitro benzene ring substituents is 1. The van der Waals surface area contributed by atoms with Gasteiger partial charge in [0.05, 0.1) is 10.6 Å². The minimum atomic E-state index is -0.589. The third kappa shape index (κ3) is 3.32. The molecule has 2 aromatic heterocycles. The van der Waals surface area contributed by atoms with Crippen LogP contribution < -0.4 is 5.32 Å². The minimum absolute atomic E-state index is 0.0180. The number of benzene rings is 1. The van der Waals surface area contributed by atoms with E-state index in [-0.39, 0.29) is 16.6 Å². The van der Waals surface area contributed by atoms with Crippen LogP contribution in [0.1, 0.15) is 29.5 Å². The largest absolute Gasteiger partial charge is 0.320 e. The molecule has 0 spiro atoms. The molecule has 0 atom stereocenters. The van der Waals surface area contributed by atoms with Crippen molar-refractivity contribution < 1.29 is 9.72 Å². The van der Waals surface area contributed by atoms with Crippen LogP contribution in [-0.2, 0) is 6.42 Å². The second-order valence-electron chi connectivity index (χ2n) is 5.46. The molecule has 3 aromatic rings. The second kappa shape index (κ2) is 6.90. The number of aryl methyl sites for hydroxylation is 1. The van der Waals surface area contributed by atoms with Crippen molar-refractivity contribution in [2.75, 3.05) is 5.32 Å². The van der Waals surface area contributed by atoms with Gasteiger partial charge in [0.25, 0.3) is 11.6 Å². The lowest BCUT2D eigenvalue weighted by atomic mass is 10.2. The van der Waals surface area contributed by atoms with E-state index in [2.05, 4.69) is 10.3 Å². The van der Waals surface area contributed by atoms with Crippen LogP contribution in [0.25, 0.3) is 5.65 Å². The third-order valence-electron chi connectivity index (χ3n) is 3.70. The lowest BCUT2D eigenvalue weighted by Crippen LogP contribution is -2.16. The number of rotatable bonds is 5. The van der Waals surface area contributed by atoms with Gasteiger partial charge in [0.1, 0.15) is 16.4 Å². The number of pyridine rings is 1. The zero-order valence-corrected chi connectivity index (χ0v) is 14.2. The molecule has 0 radical (unpaired) electrons. The van der Waals surface area contributed by atoms with Crippen molar-refractivity contribution in [3.05, 3.63) is 69.1 Å². The maximum Gasteiger partial charge on any atom is 0.289 e. The maximum absolute atomic E-state index is 12.8. The van der Waals surface area contributed by atoms with E-state index in [1.54, 1.807) is 10.6 Å². The summed E-state index contributed by atoms with van der Waals surface area (Å²) in [7, 11) is 0. The quantitative estimate of drug-likeness (QED) is 0.549. The number of amides is 1. The standard InChI is InChI=1S/C17H15ClN4O3/c1-2-5-13-16(21-9-4-3-6-15(21)20-13)17(23)19-11-7-8-12(18)14(10-11)22(24)25/h3-4,6-10H,2,5H2,1H3,(H,19,23). The summed E-state index contributed by atoms with van der Waals surface area (Å²) < 4.78 is 1.71. The van der Waals surface area contributed by atoms with Gasteiger partial charge < -0.3 is 5.32 Å². The van der Waals surface area contributed by atoms with Crippen LogP contribution in [0.5, 0.6) is 0 Å². The van der Waals surface area contributed by atoms with Gasteiger partial charge in [-0.25, -0.2) is 4.98 Å². The first-order valence-corrected chi connectivity index (χ1v) is 8.10. The molecule has 25 heavy (non-hydrogen) atoms. The molecule has 0 unspecified atom stereocenters. The predicted octanol–water partition coefficient (Wildman–Crippen LogP) is 4.10. The molecule has 0 aliphatic rings. The van der Waals surface area contributed by atoms with E-state index in [9.17, 15) is 14.9 Å². The number of fused-ring (bicyclic) bond motifs is 1. The smallest absolute Gasteiger partial charge is 0.289 e. The molecular weight excluding hydrogens is 344 g/mol. The second-order valence-corrected chi connectivity index (χ2v) is 5.87. The number of carbonyl (C=O) groups is 1. The zero-order valence-electron chi connectivity index (χ0n) is 13.4. The molecule has 128 valence electrons. The van der Waals surface area contributed by atoms with Gasteiger partial charge >= 0.3 is 0 Å². The van der Waals surface area contributed by atoms with Crippen molar-refractivity contribution >= 4 is 34.5 Å². The average Bonchev–Trinajstić information content (AvgIpc) is 2.94. The fraction of sp³-hybridized carbons (Fsp3) is 0.176. The average molecular weight is 359 g/mol. The molecule has 3 rings (SSSR count). The predicted molar refractivity (Wildman–Crippen MR) is 95.2 cm³/mol. The number of imidazole rings is 1. The van der Waals surface area contributed by atoms with E-state index in [4.69, 9.17) is 11.6 Å². The molecule has 1 aromatic carbocycles. The zero-order chi connectivity index (χ0) is 18.0. The van der Waals surface area contributed by atoms with Crippen molar-refractivity contribution in [2.45, 2.75) is 19.8 Å². The number of nitrogens with one attached hydrogen (secondary N) is 1. The summed E-state index contributed by atoms with van der Waals surface area (Å²) in [5, 5.41) is 13.7. The van der Waals surface area contributed by atoms with Gasteiger partial charge in [0.15, 0.2) is 0 Å². The molecule has 0 saturated heterocycles. The lowest BCUT2D eigenvalue weighted by Gasteiger charge is -2.07. The van der Waals surface area contributed by atoms with Gasteiger partial charge in [0, 0.05) is 18.0 Å². The van der Waals surface area contributed by atoms with Crippen molar-refractivity contribution in [3.63, 3.8) is 0 Å². The summed E-state index contributed by atoms with van der Waals surface area (Å²) >= 11 is 5.80. The van der Waals surface area contributed by atoms with Crippen LogP contribution >= 0.6 is 11.6 Å².